The van der Waals surface area contributed by atoms with E-state index in [-0.39, 0.29) is 30.8 Å². The number of carbonyl (C=O) groups is 1. The van der Waals surface area contributed by atoms with Crippen molar-refractivity contribution in [3.05, 3.63) is 53.2 Å². The summed E-state index contributed by atoms with van der Waals surface area (Å²) < 4.78 is 7.22. The minimum absolute atomic E-state index is 0. The van der Waals surface area contributed by atoms with Crippen molar-refractivity contribution in [2.45, 2.75) is 46.8 Å². The van der Waals surface area contributed by atoms with E-state index in [9.17, 15) is 4.79 Å². The van der Waals surface area contributed by atoms with Gasteiger partial charge < -0.3 is 15.6 Å². The summed E-state index contributed by atoms with van der Waals surface area (Å²) in [5, 5.41) is 11.2. The van der Waals surface area contributed by atoms with Gasteiger partial charge in [-0.1, -0.05) is 37.2 Å². The highest BCUT2D eigenvalue weighted by Crippen LogP contribution is 2.18. The fraction of sp³-hybridized carbons (Fsp3) is 0.400. The second kappa shape index (κ2) is 9.67. The molecule has 8 nitrogen and oxygen atoms in total. The lowest BCUT2D eigenvalue weighted by Crippen LogP contribution is -2.43. The fourth-order valence-corrected chi connectivity index (χ4v) is 2.84. The average Bonchev–Trinajstić information content (AvgIpc) is 3.25. The fourth-order valence-electron chi connectivity index (χ4n) is 2.84. The summed E-state index contributed by atoms with van der Waals surface area (Å²) in [5.41, 5.74) is 9.87. The molecule has 0 bridgehead atoms. The molecular weight excluding hydrogens is 392 g/mol. The van der Waals surface area contributed by atoms with E-state index in [1.807, 2.05) is 56.6 Å². The second-order valence-electron chi connectivity index (χ2n) is 7.28. The summed E-state index contributed by atoms with van der Waals surface area (Å²) in [6.45, 7) is 8.63. The lowest BCUT2D eigenvalue weighted by molar-refractivity contribution is -0.123. The van der Waals surface area contributed by atoms with Gasteiger partial charge in [0.25, 0.3) is 0 Å². The minimum atomic E-state index is -0.562. The number of hydrogen-bond acceptors (Lipinski definition) is 6. The van der Waals surface area contributed by atoms with Crippen LogP contribution in [0.3, 0.4) is 0 Å². The number of nitrogens with one attached hydrogen (secondary N) is 1. The first-order valence-electron chi connectivity index (χ1n) is 9.29. The van der Waals surface area contributed by atoms with Gasteiger partial charge in [-0.2, -0.15) is 10.1 Å². The first-order valence-corrected chi connectivity index (χ1v) is 9.29. The number of amides is 1. The molecule has 3 aromatic rings. The third-order valence-electron chi connectivity index (χ3n) is 4.52. The monoisotopic (exact) mass is 418 g/mol. The maximum atomic E-state index is 11.9. The second-order valence-corrected chi connectivity index (χ2v) is 7.28. The van der Waals surface area contributed by atoms with Crippen LogP contribution >= 0.6 is 12.4 Å². The summed E-state index contributed by atoms with van der Waals surface area (Å²) >= 11 is 0. The number of halogens is 1. The Bertz CT molecular complexity index is 966. The largest absolute Gasteiger partial charge is 0.346 e. The van der Waals surface area contributed by atoms with E-state index in [1.165, 1.54) is 0 Å². The third kappa shape index (κ3) is 5.65. The first-order chi connectivity index (χ1) is 13.3. The molecule has 1 amide bonds. The topological polar surface area (TPSA) is 112 Å². The van der Waals surface area contributed by atoms with Crippen LogP contribution in [0.2, 0.25) is 0 Å². The van der Waals surface area contributed by atoms with Gasteiger partial charge >= 0.3 is 0 Å². The van der Waals surface area contributed by atoms with Crippen molar-refractivity contribution in [1.29, 1.82) is 0 Å². The quantitative estimate of drug-likeness (QED) is 0.610. The number of hydrogen-bond donors (Lipinski definition) is 2. The van der Waals surface area contributed by atoms with Crippen LogP contribution in [0.25, 0.3) is 11.4 Å². The van der Waals surface area contributed by atoms with E-state index in [1.54, 1.807) is 0 Å². The molecule has 29 heavy (non-hydrogen) atoms. The van der Waals surface area contributed by atoms with Crippen LogP contribution in [-0.2, 0) is 17.9 Å². The molecule has 1 atom stereocenters. The summed E-state index contributed by atoms with van der Waals surface area (Å²) in [6.07, 6.45) is 0. The Balaban J connectivity index is 0.00000300. The van der Waals surface area contributed by atoms with Crippen LogP contribution in [0.15, 0.2) is 34.9 Å². The van der Waals surface area contributed by atoms with Crippen LogP contribution in [0, 0.1) is 19.8 Å². The normalized spacial score (nSPS) is 11.9. The Morgan fingerprint density at radius 3 is 2.69 bits per heavy atom. The zero-order chi connectivity index (χ0) is 20.3. The van der Waals surface area contributed by atoms with Crippen molar-refractivity contribution in [3.8, 4) is 11.4 Å². The number of aromatic nitrogens is 4. The van der Waals surface area contributed by atoms with Crippen molar-refractivity contribution in [3.63, 3.8) is 0 Å². The Morgan fingerprint density at radius 2 is 2.03 bits per heavy atom. The molecule has 0 saturated carbocycles. The van der Waals surface area contributed by atoms with E-state index in [0.717, 1.165) is 22.5 Å². The highest BCUT2D eigenvalue weighted by molar-refractivity contribution is 5.85. The van der Waals surface area contributed by atoms with E-state index in [2.05, 4.69) is 26.6 Å². The molecule has 3 N–H and O–H groups in total. The van der Waals surface area contributed by atoms with Crippen molar-refractivity contribution in [2.24, 2.45) is 11.7 Å². The zero-order valence-electron chi connectivity index (χ0n) is 17.0. The van der Waals surface area contributed by atoms with E-state index in [0.29, 0.717) is 18.3 Å². The maximum Gasteiger partial charge on any atom is 0.246 e. The number of nitrogens with two attached hydrogens (primary N) is 1. The molecule has 0 aliphatic rings. The SMILES string of the molecule is Cc1cc(C)n(Cc2cccc(-c3noc(CNC(=O)[C@@H](N)C(C)C)n3)c2)n1.Cl. The first kappa shape index (κ1) is 22.6. The maximum absolute atomic E-state index is 11.9. The third-order valence-corrected chi connectivity index (χ3v) is 4.52. The highest BCUT2D eigenvalue weighted by Gasteiger charge is 2.18. The Kier molecular flexibility index (Phi) is 7.53. The van der Waals surface area contributed by atoms with E-state index >= 15 is 0 Å². The molecule has 0 aliphatic heterocycles. The van der Waals surface area contributed by atoms with Gasteiger partial charge in [-0.25, -0.2) is 0 Å². The van der Waals surface area contributed by atoms with Gasteiger partial charge in [-0.15, -0.1) is 12.4 Å². The minimum Gasteiger partial charge on any atom is -0.346 e. The smallest absolute Gasteiger partial charge is 0.246 e. The molecule has 156 valence electrons. The number of benzene rings is 1. The molecule has 0 radical (unpaired) electrons. The van der Waals surface area contributed by atoms with E-state index in [4.69, 9.17) is 10.3 Å². The molecule has 2 heterocycles. The number of carbonyl (C=O) groups excluding carboxylic acids is 1. The zero-order valence-corrected chi connectivity index (χ0v) is 17.9. The molecule has 0 fully saturated rings. The molecule has 0 aliphatic carbocycles. The van der Waals surface area contributed by atoms with E-state index < -0.39 is 6.04 Å². The predicted octanol–water partition coefficient (Wildman–Crippen LogP) is 2.62. The number of nitrogens with zero attached hydrogens (tertiary/aromatic N) is 4. The van der Waals surface area contributed by atoms with Gasteiger partial charge in [0.1, 0.15) is 0 Å². The molecular formula is C20H27ClN6O2. The summed E-state index contributed by atoms with van der Waals surface area (Å²) in [6, 6.07) is 9.41. The molecule has 2 aromatic heterocycles. The summed E-state index contributed by atoms with van der Waals surface area (Å²) in [5.74, 6) is 0.640. The number of aryl methyl sites for hydroxylation is 2. The predicted molar refractivity (Wildman–Crippen MR) is 112 cm³/mol. The molecule has 0 spiro atoms. The van der Waals surface area contributed by atoms with Crippen molar-refractivity contribution < 1.29 is 9.32 Å². The van der Waals surface area contributed by atoms with Gasteiger partial charge in [0.05, 0.1) is 24.8 Å². The van der Waals surface area contributed by atoms with Crippen LogP contribution < -0.4 is 11.1 Å². The van der Waals surface area contributed by atoms with Crippen LogP contribution in [0.4, 0.5) is 0 Å². The average molecular weight is 419 g/mol. The summed E-state index contributed by atoms with van der Waals surface area (Å²) in [4.78, 5) is 16.3. The van der Waals surface area contributed by atoms with Crippen molar-refractivity contribution >= 4 is 18.3 Å². The number of rotatable bonds is 7. The Morgan fingerprint density at radius 1 is 1.28 bits per heavy atom. The Hall–Kier alpha value is -2.71. The van der Waals surface area contributed by atoms with Crippen LogP contribution in [0.5, 0.6) is 0 Å². The molecule has 0 unspecified atom stereocenters. The summed E-state index contributed by atoms with van der Waals surface area (Å²) in [7, 11) is 0. The highest BCUT2D eigenvalue weighted by atomic mass is 35.5. The lowest BCUT2D eigenvalue weighted by Gasteiger charge is -2.14. The van der Waals surface area contributed by atoms with Gasteiger partial charge in [0.2, 0.25) is 17.6 Å². The molecule has 1 aromatic carbocycles. The van der Waals surface area contributed by atoms with Crippen molar-refractivity contribution in [1.82, 2.24) is 25.2 Å². The lowest BCUT2D eigenvalue weighted by atomic mass is 10.1. The van der Waals surface area contributed by atoms with Crippen LogP contribution in [-0.4, -0.2) is 31.9 Å². The van der Waals surface area contributed by atoms with Gasteiger partial charge in [0, 0.05) is 11.3 Å². The van der Waals surface area contributed by atoms with Crippen molar-refractivity contribution in [2.75, 3.05) is 0 Å². The van der Waals surface area contributed by atoms with Gasteiger partial charge in [0.15, 0.2) is 0 Å². The molecule has 3 rings (SSSR count). The molecule has 9 heteroatoms. The van der Waals surface area contributed by atoms with Crippen LogP contribution in [0.1, 0.15) is 36.7 Å². The Labute approximate surface area is 176 Å². The van der Waals surface area contributed by atoms with Gasteiger partial charge in [-0.05, 0) is 37.5 Å². The standard InChI is InChI=1S/C20H26N6O2.ClH/c1-12(2)18(21)20(27)22-10-17-23-19(25-28-17)16-7-5-6-15(9-16)11-26-14(4)8-13(3)24-26;/h5-9,12,18H,10-11,21H2,1-4H3,(H,22,27);1H/t18-;/m0./s1. The van der Waals surface area contributed by atoms with Gasteiger partial charge in [-0.3, -0.25) is 9.48 Å². The molecule has 0 saturated heterocycles.